The maximum atomic E-state index is 5.75. The second kappa shape index (κ2) is 6.50. The molecule has 0 fully saturated rings. The minimum atomic E-state index is -0.110. The summed E-state index contributed by atoms with van der Waals surface area (Å²) in [5.74, 6) is 0. The van der Waals surface area contributed by atoms with E-state index in [1.54, 1.807) is 11.3 Å². The molecule has 1 rings (SSSR count). The van der Waals surface area contributed by atoms with E-state index in [0.717, 1.165) is 0 Å². The van der Waals surface area contributed by atoms with E-state index >= 15 is 0 Å². The van der Waals surface area contributed by atoms with Gasteiger partial charge in [-0.15, -0.1) is 11.3 Å². The lowest BCUT2D eigenvalue weighted by atomic mass is 10.2. The Balaban J connectivity index is 2.33. The number of ether oxygens (including phenoxy) is 2. The summed E-state index contributed by atoms with van der Waals surface area (Å²) < 4.78 is 11.3. The summed E-state index contributed by atoms with van der Waals surface area (Å²) in [6.45, 7) is 9.89. The Hall–Kier alpha value is -0.420. The van der Waals surface area contributed by atoms with Crippen molar-refractivity contribution >= 4 is 11.3 Å². The Morgan fingerprint density at radius 3 is 2.47 bits per heavy atom. The molecular weight excluding hydrogens is 234 g/mol. The van der Waals surface area contributed by atoms with Crippen LogP contribution in [0.1, 0.15) is 36.6 Å². The minimum Gasteiger partial charge on any atom is -0.373 e. The highest BCUT2D eigenvalue weighted by atomic mass is 32.1. The standard InChI is InChI=1S/C13H23NO2S/c1-10-5-6-12(17-10)11(9-14)15-7-8-16-13(2,3)4/h5-6,11H,7-9,14H2,1-4H3. The van der Waals surface area contributed by atoms with Crippen molar-refractivity contribution in [3.05, 3.63) is 21.9 Å². The number of aryl methyl sites for hydroxylation is 1. The van der Waals surface area contributed by atoms with Crippen LogP contribution in [0.4, 0.5) is 0 Å². The zero-order valence-corrected chi connectivity index (χ0v) is 12.0. The van der Waals surface area contributed by atoms with Crippen molar-refractivity contribution in [3.63, 3.8) is 0 Å². The lowest BCUT2D eigenvalue weighted by molar-refractivity contribution is -0.0500. The number of nitrogens with two attached hydrogens (primary N) is 1. The average molecular weight is 257 g/mol. The molecule has 1 aromatic heterocycles. The molecule has 4 heteroatoms. The van der Waals surface area contributed by atoms with Gasteiger partial charge in [-0.25, -0.2) is 0 Å². The summed E-state index contributed by atoms with van der Waals surface area (Å²) in [6, 6.07) is 4.18. The first kappa shape index (κ1) is 14.6. The summed E-state index contributed by atoms with van der Waals surface area (Å²) in [6.07, 6.45) is -0.00253. The zero-order valence-electron chi connectivity index (χ0n) is 11.2. The van der Waals surface area contributed by atoms with Crippen LogP contribution >= 0.6 is 11.3 Å². The van der Waals surface area contributed by atoms with Crippen molar-refractivity contribution in [1.29, 1.82) is 0 Å². The van der Waals surface area contributed by atoms with Gasteiger partial charge in [0.2, 0.25) is 0 Å². The van der Waals surface area contributed by atoms with Crippen molar-refractivity contribution in [2.75, 3.05) is 19.8 Å². The molecule has 0 amide bonds. The highest BCUT2D eigenvalue weighted by Crippen LogP contribution is 2.24. The summed E-state index contributed by atoms with van der Waals surface area (Å²) in [4.78, 5) is 2.48. The monoisotopic (exact) mass is 257 g/mol. The molecule has 0 radical (unpaired) electrons. The Morgan fingerprint density at radius 1 is 1.29 bits per heavy atom. The largest absolute Gasteiger partial charge is 0.373 e. The molecule has 17 heavy (non-hydrogen) atoms. The summed E-state index contributed by atoms with van der Waals surface area (Å²) in [7, 11) is 0. The van der Waals surface area contributed by atoms with E-state index in [0.29, 0.717) is 19.8 Å². The molecule has 1 aromatic rings. The molecule has 1 unspecified atom stereocenters. The van der Waals surface area contributed by atoms with Crippen LogP contribution in [0.15, 0.2) is 12.1 Å². The van der Waals surface area contributed by atoms with Gasteiger partial charge in [0.1, 0.15) is 6.10 Å². The topological polar surface area (TPSA) is 44.5 Å². The molecule has 0 aromatic carbocycles. The second-order valence-electron chi connectivity index (χ2n) is 5.00. The predicted molar refractivity (Wildman–Crippen MR) is 72.5 cm³/mol. The van der Waals surface area contributed by atoms with E-state index in [4.69, 9.17) is 15.2 Å². The molecule has 0 spiro atoms. The number of rotatable bonds is 6. The fraction of sp³-hybridized carbons (Fsp3) is 0.692. The molecule has 0 saturated carbocycles. The first-order valence-electron chi connectivity index (χ1n) is 5.94. The summed E-state index contributed by atoms with van der Waals surface area (Å²) >= 11 is 1.74. The Kier molecular flexibility index (Phi) is 5.59. The van der Waals surface area contributed by atoms with Crippen LogP contribution in [0.3, 0.4) is 0 Å². The molecule has 0 aliphatic carbocycles. The fourth-order valence-corrected chi connectivity index (χ4v) is 2.37. The van der Waals surface area contributed by atoms with Crippen LogP contribution in [0.25, 0.3) is 0 Å². The Bertz CT molecular complexity index is 330. The van der Waals surface area contributed by atoms with Crippen LogP contribution in [0, 0.1) is 6.92 Å². The van der Waals surface area contributed by atoms with Crippen molar-refractivity contribution in [1.82, 2.24) is 0 Å². The third-order valence-corrected chi connectivity index (χ3v) is 3.32. The van der Waals surface area contributed by atoms with Crippen molar-refractivity contribution < 1.29 is 9.47 Å². The third kappa shape index (κ3) is 5.64. The molecule has 0 saturated heterocycles. The first-order chi connectivity index (χ1) is 7.92. The number of thiophene rings is 1. The van der Waals surface area contributed by atoms with Crippen LogP contribution in [0.5, 0.6) is 0 Å². The second-order valence-corrected chi connectivity index (χ2v) is 6.32. The van der Waals surface area contributed by atoms with E-state index in [1.165, 1.54) is 9.75 Å². The quantitative estimate of drug-likeness (QED) is 0.797. The van der Waals surface area contributed by atoms with Crippen molar-refractivity contribution in [3.8, 4) is 0 Å². The van der Waals surface area contributed by atoms with Gasteiger partial charge in [0.05, 0.1) is 18.8 Å². The molecule has 0 bridgehead atoms. The van der Waals surface area contributed by atoms with E-state index < -0.39 is 0 Å². The van der Waals surface area contributed by atoms with E-state index in [9.17, 15) is 0 Å². The number of hydrogen-bond acceptors (Lipinski definition) is 4. The van der Waals surface area contributed by atoms with Gasteiger partial charge in [0, 0.05) is 16.3 Å². The highest BCUT2D eigenvalue weighted by Gasteiger charge is 2.13. The molecule has 0 aliphatic heterocycles. The van der Waals surface area contributed by atoms with E-state index in [2.05, 4.69) is 19.1 Å². The molecule has 98 valence electrons. The van der Waals surface area contributed by atoms with Crippen molar-refractivity contribution in [2.24, 2.45) is 5.73 Å². The molecule has 0 aliphatic rings. The molecule has 3 nitrogen and oxygen atoms in total. The van der Waals surface area contributed by atoms with Crippen LogP contribution in [0.2, 0.25) is 0 Å². The highest BCUT2D eigenvalue weighted by molar-refractivity contribution is 7.12. The first-order valence-corrected chi connectivity index (χ1v) is 6.76. The molecular formula is C13H23NO2S. The number of hydrogen-bond donors (Lipinski definition) is 1. The predicted octanol–water partition coefficient (Wildman–Crippen LogP) is 2.89. The van der Waals surface area contributed by atoms with Crippen molar-refractivity contribution in [2.45, 2.75) is 39.4 Å². The maximum absolute atomic E-state index is 5.75. The van der Waals surface area contributed by atoms with Gasteiger partial charge in [-0.05, 0) is 39.8 Å². The SMILES string of the molecule is Cc1ccc(C(CN)OCCOC(C)(C)C)s1. The molecule has 2 N–H and O–H groups in total. The Morgan fingerprint density at radius 2 is 2.00 bits per heavy atom. The lowest BCUT2D eigenvalue weighted by Crippen LogP contribution is -2.23. The summed E-state index contributed by atoms with van der Waals surface area (Å²) in [5.41, 5.74) is 5.61. The molecule has 1 atom stereocenters. The van der Waals surface area contributed by atoms with Crippen LogP contribution < -0.4 is 5.73 Å². The smallest absolute Gasteiger partial charge is 0.104 e. The van der Waals surface area contributed by atoms with Gasteiger partial charge < -0.3 is 15.2 Å². The molecule has 1 heterocycles. The van der Waals surface area contributed by atoms with Gasteiger partial charge in [-0.2, -0.15) is 0 Å². The average Bonchev–Trinajstić information content (AvgIpc) is 2.63. The normalized spacial score (nSPS) is 13.9. The van der Waals surface area contributed by atoms with E-state index in [-0.39, 0.29) is 11.7 Å². The lowest BCUT2D eigenvalue weighted by Gasteiger charge is -2.21. The summed E-state index contributed by atoms with van der Waals surface area (Å²) in [5, 5.41) is 0. The minimum absolute atomic E-state index is 0.00253. The van der Waals surface area contributed by atoms with Gasteiger partial charge in [0.15, 0.2) is 0 Å². The van der Waals surface area contributed by atoms with Crippen LogP contribution in [-0.2, 0) is 9.47 Å². The van der Waals surface area contributed by atoms with Gasteiger partial charge in [0.25, 0.3) is 0 Å². The van der Waals surface area contributed by atoms with E-state index in [1.807, 2.05) is 20.8 Å². The van der Waals surface area contributed by atoms with Gasteiger partial charge in [-0.1, -0.05) is 0 Å². The zero-order chi connectivity index (χ0) is 12.9. The fourth-order valence-electron chi connectivity index (χ4n) is 1.43. The Labute approximate surface area is 108 Å². The van der Waals surface area contributed by atoms with Gasteiger partial charge in [-0.3, -0.25) is 0 Å². The third-order valence-electron chi connectivity index (χ3n) is 2.23. The van der Waals surface area contributed by atoms with Gasteiger partial charge >= 0.3 is 0 Å². The maximum Gasteiger partial charge on any atom is 0.104 e. The van der Waals surface area contributed by atoms with Crippen LogP contribution in [-0.4, -0.2) is 25.4 Å².